The van der Waals surface area contributed by atoms with Crippen molar-refractivity contribution in [1.82, 2.24) is 14.9 Å². The number of rotatable bonds is 7. The molecule has 1 N–H and O–H groups in total. The molecule has 1 aliphatic heterocycles. The van der Waals surface area contributed by atoms with E-state index in [1.165, 1.54) is 5.56 Å². The fraction of sp³-hybridized carbons (Fsp3) is 0.474. The zero-order chi connectivity index (χ0) is 17.5. The third-order valence-corrected chi connectivity index (χ3v) is 5.38. The second kappa shape index (κ2) is 8.65. The smallest absolute Gasteiger partial charge is 0.145 e. The molecule has 2 heterocycles. The van der Waals surface area contributed by atoms with Gasteiger partial charge in [-0.2, -0.15) is 0 Å². The summed E-state index contributed by atoms with van der Waals surface area (Å²) in [6, 6.07) is 10.4. The monoisotopic (exact) mass is 358 g/mol. The molecule has 1 aromatic carbocycles. The summed E-state index contributed by atoms with van der Waals surface area (Å²) in [5, 5.41) is 4.39. The van der Waals surface area contributed by atoms with Crippen molar-refractivity contribution in [2.75, 3.05) is 38.2 Å². The average Bonchev–Trinajstić information content (AvgIpc) is 2.67. The molecule has 0 unspecified atom stereocenters. The van der Waals surface area contributed by atoms with Gasteiger partial charge in [0, 0.05) is 30.9 Å². The van der Waals surface area contributed by atoms with Crippen molar-refractivity contribution in [3.8, 4) is 0 Å². The summed E-state index contributed by atoms with van der Waals surface area (Å²) in [5.74, 6) is 1.73. The molecule has 0 bridgehead atoms. The van der Waals surface area contributed by atoms with Gasteiger partial charge in [0.05, 0.1) is 25.6 Å². The number of ether oxygens (including phenoxy) is 1. The normalized spacial score (nSPS) is 15.9. The van der Waals surface area contributed by atoms with Gasteiger partial charge in [-0.3, -0.25) is 9.88 Å². The number of anilines is 1. The zero-order valence-electron chi connectivity index (χ0n) is 14.9. The van der Waals surface area contributed by atoms with Gasteiger partial charge < -0.3 is 10.1 Å². The second-order valence-electron chi connectivity index (χ2n) is 6.78. The van der Waals surface area contributed by atoms with Crippen LogP contribution in [0.3, 0.4) is 0 Å². The highest BCUT2D eigenvalue weighted by Gasteiger charge is 2.28. The molecule has 1 aliphatic rings. The third kappa shape index (κ3) is 5.42. The van der Waals surface area contributed by atoms with E-state index < -0.39 is 0 Å². The van der Waals surface area contributed by atoms with Crippen molar-refractivity contribution >= 4 is 17.6 Å². The van der Waals surface area contributed by atoms with E-state index in [-0.39, 0.29) is 5.54 Å². The van der Waals surface area contributed by atoms with Gasteiger partial charge in [-0.15, -0.1) is 11.8 Å². The number of hydrogen-bond acceptors (Lipinski definition) is 6. The van der Waals surface area contributed by atoms with Crippen LogP contribution in [0.2, 0.25) is 0 Å². The molecule has 1 aromatic heterocycles. The predicted octanol–water partition coefficient (Wildman–Crippen LogP) is 3.29. The number of aromatic nitrogens is 2. The maximum atomic E-state index is 5.45. The lowest BCUT2D eigenvalue weighted by Gasteiger charge is -2.40. The average molecular weight is 359 g/mol. The van der Waals surface area contributed by atoms with Gasteiger partial charge in [0.2, 0.25) is 0 Å². The summed E-state index contributed by atoms with van der Waals surface area (Å²) in [4.78, 5) is 11.5. The highest BCUT2D eigenvalue weighted by molar-refractivity contribution is 7.98. The Bertz CT molecular complexity index is 659. The Balaban J connectivity index is 1.54. The summed E-state index contributed by atoms with van der Waals surface area (Å²) < 4.78 is 5.45. The minimum absolute atomic E-state index is 0.0542. The van der Waals surface area contributed by atoms with Crippen LogP contribution in [0.5, 0.6) is 0 Å². The van der Waals surface area contributed by atoms with E-state index >= 15 is 0 Å². The van der Waals surface area contributed by atoms with Gasteiger partial charge in [0.1, 0.15) is 10.8 Å². The van der Waals surface area contributed by atoms with Crippen molar-refractivity contribution in [3.63, 3.8) is 0 Å². The lowest BCUT2D eigenvalue weighted by molar-refractivity contribution is -0.00570. The van der Waals surface area contributed by atoms with E-state index in [2.05, 4.69) is 58.3 Å². The highest BCUT2D eigenvalue weighted by Crippen LogP contribution is 2.22. The maximum Gasteiger partial charge on any atom is 0.145 e. The Labute approximate surface area is 154 Å². The first-order valence-electron chi connectivity index (χ1n) is 8.69. The molecule has 3 rings (SSSR count). The van der Waals surface area contributed by atoms with Crippen LogP contribution in [0, 0.1) is 0 Å². The lowest BCUT2D eigenvalue weighted by Crippen LogP contribution is -2.53. The number of nitrogens with one attached hydrogen (secondary N) is 1. The van der Waals surface area contributed by atoms with E-state index in [1.54, 1.807) is 18.0 Å². The molecular formula is C19H26N4OS. The Morgan fingerprint density at radius 1 is 1.16 bits per heavy atom. The fourth-order valence-electron chi connectivity index (χ4n) is 2.82. The first-order valence-corrected chi connectivity index (χ1v) is 9.67. The van der Waals surface area contributed by atoms with Crippen LogP contribution in [-0.4, -0.2) is 53.3 Å². The highest BCUT2D eigenvalue weighted by atomic mass is 32.2. The van der Waals surface area contributed by atoms with Crippen molar-refractivity contribution in [2.24, 2.45) is 0 Å². The molecule has 0 radical (unpaired) electrons. The van der Waals surface area contributed by atoms with Crippen molar-refractivity contribution in [2.45, 2.75) is 30.2 Å². The van der Waals surface area contributed by atoms with Gasteiger partial charge in [0.15, 0.2) is 0 Å². The summed E-state index contributed by atoms with van der Waals surface area (Å²) >= 11 is 1.71. The van der Waals surface area contributed by atoms with E-state index in [4.69, 9.17) is 4.74 Å². The second-order valence-corrected chi connectivity index (χ2v) is 7.78. The van der Waals surface area contributed by atoms with Crippen LogP contribution in [0.15, 0.2) is 47.8 Å². The van der Waals surface area contributed by atoms with Crippen LogP contribution in [0.4, 0.5) is 5.82 Å². The van der Waals surface area contributed by atoms with E-state index in [9.17, 15) is 0 Å². The summed E-state index contributed by atoms with van der Waals surface area (Å²) in [5.41, 5.74) is 1.35. The van der Waals surface area contributed by atoms with Crippen LogP contribution < -0.4 is 5.32 Å². The molecular weight excluding hydrogens is 332 g/mol. The minimum atomic E-state index is 0.0542. The summed E-state index contributed by atoms with van der Waals surface area (Å²) in [7, 11) is 0. The van der Waals surface area contributed by atoms with E-state index in [0.717, 1.165) is 49.4 Å². The molecule has 0 spiro atoms. The van der Waals surface area contributed by atoms with Gasteiger partial charge in [0.25, 0.3) is 0 Å². The quantitative estimate of drug-likeness (QED) is 0.767. The lowest BCUT2D eigenvalue weighted by atomic mass is 10.0. The van der Waals surface area contributed by atoms with Crippen molar-refractivity contribution in [3.05, 3.63) is 48.3 Å². The Morgan fingerprint density at radius 3 is 2.68 bits per heavy atom. The summed E-state index contributed by atoms with van der Waals surface area (Å²) in [6.07, 6.45) is 3.62. The summed E-state index contributed by atoms with van der Waals surface area (Å²) in [6.45, 7) is 8.93. The molecule has 6 heteroatoms. The number of hydrogen-bond donors (Lipinski definition) is 1. The maximum absolute atomic E-state index is 5.45. The molecule has 1 saturated heterocycles. The van der Waals surface area contributed by atoms with Gasteiger partial charge >= 0.3 is 0 Å². The fourth-order valence-corrected chi connectivity index (χ4v) is 3.63. The molecule has 0 aliphatic carbocycles. The van der Waals surface area contributed by atoms with Crippen molar-refractivity contribution < 1.29 is 4.74 Å². The Morgan fingerprint density at radius 2 is 1.92 bits per heavy atom. The number of thioether (sulfide) groups is 1. The molecule has 5 nitrogen and oxygen atoms in total. The van der Waals surface area contributed by atoms with Gasteiger partial charge in [-0.05, 0) is 19.4 Å². The minimum Gasteiger partial charge on any atom is -0.379 e. The molecule has 2 aromatic rings. The molecule has 0 atom stereocenters. The number of morpholine rings is 1. The largest absolute Gasteiger partial charge is 0.379 e. The standard InChI is InChI=1S/C19H26N4OS/c1-19(2,23-8-10-24-11-9-23)15-21-17-12-20-13-18(22-17)25-14-16-6-4-3-5-7-16/h3-7,12-13H,8-11,14-15H2,1-2H3,(H,21,22). The van der Waals surface area contributed by atoms with Crippen molar-refractivity contribution in [1.29, 1.82) is 0 Å². The van der Waals surface area contributed by atoms with E-state index in [1.807, 2.05) is 12.3 Å². The van der Waals surface area contributed by atoms with Gasteiger partial charge in [-0.25, -0.2) is 4.98 Å². The Hall–Kier alpha value is -1.63. The molecule has 0 amide bonds. The predicted molar refractivity (Wildman–Crippen MR) is 103 cm³/mol. The third-order valence-electron chi connectivity index (χ3n) is 4.41. The topological polar surface area (TPSA) is 50.3 Å². The van der Waals surface area contributed by atoms with Crippen LogP contribution in [-0.2, 0) is 10.5 Å². The van der Waals surface area contributed by atoms with Crippen LogP contribution >= 0.6 is 11.8 Å². The molecule has 1 fully saturated rings. The first-order chi connectivity index (χ1) is 12.1. The molecule has 0 saturated carbocycles. The zero-order valence-corrected chi connectivity index (χ0v) is 15.8. The van der Waals surface area contributed by atoms with E-state index in [0.29, 0.717) is 0 Å². The number of nitrogens with zero attached hydrogens (tertiary/aromatic N) is 3. The SMILES string of the molecule is CC(C)(CNc1cncc(SCc2ccccc2)n1)N1CCOCC1. The van der Waals surface area contributed by atoms with Crippen LogP contribution in [0.1, 0.15) is 19.4 Å². The number of benzene rings is 1. The Kier molecular flexibility index (Phi) is 6.29. The van der Waals surface area contributed by atoms with Crippen LogP contribution in [0.25, 0.3) is 0 Å². The molecule has 134 valence electrons. The molecule has 25 heavy (non-hydrogen) atoms. The first kappa shape index (κ1) is 18.2. The van der Waals surface area contributed by atoms with Gasteiger partial charge in [-0.1, -0.05) is 30.3 Å².